The fraction of sp³-hybridized carbons (Fsp3) is 0.348. The summed E-state index contributed by atoms with van der Waals surface area (Å²) in [6, 6.07) is 12.0. The van der Waals surface area contributed by atoms with Crippen LogP contribution in [0.2, 0.25) is 5.02 Å². The number of rotatable bonds is 7. The molecule has 2 aliphatic rings. The highest BCUT2D eigenvalue weighted by molar-refractivity contribution is 6.30. The minimum atomic E-state index is -0.0714. The Morgan fingerprint density at radius 3 is 2.67 bits per heavy atom. The topological polar surface area (TPSA) is 63.1 Å². The first-order valence-electron chi connectivity index (χ1n) is 10.4. The lowest BCUT2D eigenvalue weighted by Crippen LogP contribution is -2.58. The van der Waals surface area contributed by atoms with Crippen molar-refractivity contribution in [2.45, 2.75) is 37.9 Å². The molecule has 1 saturated heterocycles. The molecule has 154 valence electrons. The molecule has 2 aromatic heterocycles. The Balaban J connectivity index is 1.09. The zero-order valence-corrected chi connectivity index (χ0v) is 17.4. The second kappa shape index (κ2) is 8.20. The summed E-state index contributed by atoms with van der Waals surface area (Å²) in [6.07, 6.45) is 8.18. The normalized spacial score (nSPS) is 17.0. The summed E-state index contributed by atoms with van der Waals surface area (Å²) in [7, 11) is 0. The second-order valence-electron chi connectivity index (χ2n) is 8.29. The highest BCUT2D eigenvalue weighted by atomic mass is 35.5. The lowest BCUT2D eigenvalue weighted by Gasteiger charge is -2.39. The number of amides is 1. The van der Waals surface area contributed by atoms with Gasteiger partial charge in [0.2, 0.25) is 0 Å². The number of likely N-dealkylation sites (tertiary alicyclic amines) is 1. The van der Waals surface area contributed by atoms with Gasteiger partial charge in [0.25, 0.3) is 5.91 Å². The zero-order chi connectivity index (χ0) is 20.5. The average molecular weight is 422 g/mol. The van der Waals surface area contributed by atoms with Gasteiger partial charge in [-0.1, -0.05) is 23.7 Å². The third-order valence-corrected chi connectivity index (χ3v) is 5.96. The fourth-order valence-electron chi connectivity index (χ4n) is 3.90. The van der Waals surface area contributed by atoms with Crippen LogP contribution in [0.15, 0.2) is 55.0 Å². The molecule has 7 heteroatoms. The smallest absolute Gasteiger partial charge is 0.270 e. The number of hydrogen-bond acceptors (Lipinski definition) is 4. The maximum absolute atomic E-state index is 12.5. The number of benzene rings is 1. The molecule has 6 nitrogen and oxygen atoms in total. The third-order valence-electron chi connectivity index (χ3n) is 5.71. The molecule has 3 aromatic rings. The van der Waals surface area contributed by atoms with E-state index in [0.29, 0.717) is 11.6 Å². The van der Waals surface area contributed by atoms with E-state index in [9.17, 15) is 4.79 Å². The average Bonchev–Trinajstić information content (AvgIpc) is 3.49. The molecule has 5 rings (SSSR count). The van der Waals surface area contributed by atoms with Gasteiger partial charge >= 0.3 is 0 Å². The Bertz CT molecular complexity index is 1040. The van der Waals surface area contributed by atoms with Crippen LogP contribution in [0, 0.1) is 0 Å². The van der Waals surface area contributed by atoms with E-state index in [1.54, 1.807) is 6.20 Å². The molecule has 1 aromatic carbocycles. The van der Waals surface area contributed by atoms with Crippen molar-refractivity contribution in [3.8, 4) is 0 Å². The highest BCUT2D eigenvalue weighted by Crippen LogP contribution is 2.39. The van der Waals surface area contributed by atoms with E-state index in [1.807, 2.05) is 47.3 Å². The molecule has 1 saturated carbocycles. The molecule has 1 amide bonds. The number of halogens is 1. The molecule has 30 heavy (non-hydrogen) atoms. The largest absolute Gasteiger partial charge is 0.345 e. The predicted molar refractivity (Wildman–Crippen MR) is 116 cm³/mol. The molecule has 0 bridgehead atoms. The van der Waals surface area contributed by atoms with Crippen molar-refractivity contribution in [3.63, 3.8) is 0 Å². The Kier molecular flexibility index (Phi) is 5.27. The molecule has 2 fully saturated rings. The van der Waals surface area contributed by atoms with Crippen LogP contribution in [-0.4, -0.2) is 44.7 Å². The SMILES string of the molecule is O=C(NC1CN(Cc2cnn(Cc3ccc(Cl)cc3)c2)C1)c1cc(C2CC2)ccn1. The summed E-state index contributed by atoms with van der Waals surface area (Å²) in [5.41, 5.74) is 4.11. The number of nitrogens with one attached hydrogen (secondary N) is 1. The van der Waals surface area contributed by atoms with Crippen molar-refractivity contribution in [1.82, 2.24) is 25.0 Å². The maximum Gasteiger partial charge on any atom is 0.270 e. The third kappa shape index (κ3) is 4.55. The van der Waals surface area contributed by atoms with Gasteiger partial charge in [-0.3, -0.25) is 19.4 Å². The van der Waals surface area contributed by atoms with Crippen LogP contribution >= 0.6 is 11.6 Å². The number of carbonyl (C=O) groups is 1. The molecule has 1 aliphatic carbocycles. The lowest BCUT2D eigenvalue weighted by molar-refractivity contribution is 0.0790. The predicted octanol–water partition coefficient (Wildman–Crippen LogP) is 3.47. The zero-order valence-electron chi connectivity index (χ0n) is 16.7. The first-order valence-corrected chi connectivity index (χ1v) is 10.7. The second-order valence-corrected chi connectivity index (χ2v) is 8.72. The summed E-state index contributed by atoms with van der Waals surface area (Å²) in [5, 5.41) is 8.30. The van der Waals surface area contributed by atoms with E-state index in [0.717, 1.165) is 31.2 Å². The van der Waals surface area contributed by atoms with Crippen molar-refractivity contribution in [3.05, 3.63) is 82.4 Å². The fourth-order valence-corrected chi connectivity index (χ4v) is 4.03. The Morgan fingerprint density at radius 2 is 1.90 bits per heavy atom. The van der Waals surface area contributed by atoms with Gasteiger partial charge in [-0.25, -0.2) is 0 Å². The molecule has 0 atom stereocenters. The van der Waals surface area contributed by atoms with Crippen LogP contribution in [0.5, 0.6) is 0 Å². The summed E-state index contributed by atoms with van der Waals surface area (Å²) in [6.45, 7) is 3.25. The number of nitrogens with zero attached hydrogens (tertiary/aromatic N) is 4. The van der Waals surface area contributed by atoms with Gasteiger partial charge < -0.3 is 5.32 Å². The first kappa shape index (κ1) is 19.3. The van der Waals surface area contributed by atoms with Crippen molar-refractivity contribution < 1.29 is 4.79 Å². The van der Waals surface area contributed by atoms with Gasteiger partial charge in [-0.05, 0) is 54.2 Å². The van der Waals surface area contributed by atoms with Gasteiger partial charge in [0.05, 0.1) is 18.8 Å². The van der Waals surface area contributed by atoms with Crippen LogP contribution in [-0.2, 0) is 13.1 Å². The molecule has 0 unspecified atom stereocenters. The molecular weight excluding hydrogens is 398 g/mol. The summed E-state index contributed by atoms with van der Waals surface area (Å²) >= 11 is 5.94. The summed E-state index contributed by atoms with van der Waals surface area (Å²) < 4.78 is 1.94. The number of aromatic nitrogens is 3. The van der Waals surface area contributed by atoms with E-state index in [4.69, 9.17) is 11.6 Å². The van der Waals surface area contributed by atoms with Crippen LogP contribution in [0.3, 0.4) is 0 Å². The van der Waals surface area contributed by atoms with Crippen LogP contribution in [0.1, 0.15) is 45.9 Å². The Morgan fingerprint density at radius 1 is 1.10 bits per heavy atom. The quantitative estimate of drug-likeness (QED) is 0.634. The summed E-state index contributed by atoms with van der Waals surface area (Å²) in [5.74, 6) is 0.553. The maximum atomic E-state index is 12.5. The van der Waals surface area contributed by atoms with Crippen molar-refractivity contribution in [1.29, 1.82) is 0 Å². The van der Waals surface area contributed by atoms with E-state index >= 15 is 0 Å². The molecule has 1 aliphatic heterocycles. The molecule has 3 heterocycles. The first-order chi connectivity index (χ1) is 14.6. The van der Waals surface area contributed by atoms with E-state index in [1.165, 1.54) is 29.5 Å². The molecule has 0 radical (unpaired) electrons. The summed E-state index contributed by atoms with van der Waals surface area (Å²) in [4.78, 5) is 19.0. The minimum absolute atomic E-state index is 0.0714. The van der Waals surface area contributed by atoms with E-state index in [2.05, 4.69) is 26.5 Å². The number of carbonyl (C=O) groups excluding carboxylic acids is 1. The highest BCUT2D eigenvalue weighted by Gasteiger charge is 2.29. The van der Waals surface area contributed by atoms with E-state index < -0.39 is 0 Å². The number of hydrogen-bond donors (Lipinski definition) is 1. The van der Waals surface area contributed by atoms with Crippen molar-refractivity contribution in [2.24, 2.45) is 0 Å². The van der Waals surface area contributed by atoms with Gasteiger partial charge in [0.15, 0.2) is 0 Å². The standard InChI is InChI=1S/C23H24ClN5O/c24-20-5-1-16(2-6-20)12-29-13-17(10-26-29)11-28-14-21(15-28)27-23(30)22-9-19(7-8-25-22)18-3-4-18/h1-2,5-10,13,18,21H,3-4,11-12,14-15H2,(H,27,30). The van der Waals surface area contributed by atoms with E-state index in [-0.39, 0.29) is 11.9 Å². The minimum Gasteiger partial charge on any atom is -0.345 e. The van der Waals surface area contributed by atoms with Crippen molar-refractivity contribution in [2.75, 3.05) is 13.1 Å². The monoisotopic (exact) mass is 421 g/mol. The Labute approximate surface area is 180 Å². The lowest BCUT2D eigenvalue weighted by atomic mass is 10.1. The van der Waals surface area contributed by atoms with Gasteiger partial charge in [0, 0.05) is 42.6 Å². The van der Waals surface area contributed by atoms with Crippen LogP contribution in [0.4, 0.5) is 0 Å². The van der Waals surface area contributed by atoms with Gasteiger partial charge in [-0.2, -0.15) is 5.10 Å². The number of pyridine rings is 1. The molecular formula is C23H24ClN5O. The van der Waals surface area contributed by atoms with Gasteiger partial charge in [0.1, 0.15) is 5.69 Å². The van der Waals surface area contributed by atoms with Crippen LogP contribution in [0.25, 0.3) is 0 Å². The molecule has 1 N–H and O–H groups in total. The van der Waals surface area contributed by atoms with Crippen molar-refractivity contribution >= 4 is 17.5 Å². The van der Waals surface area contributed by atoms with Crippen LogP contribution < -0.4 is 5.32 Å². The molecule has 0 spiro atoms. The Hall–Kier alpha value is -2.70. The van der Waals surface area contributed by atoms with Gasteiger partial charge in [-0.15, -0.1) is 0 Å².